The summed E-state index contributed by atoms with van der Waals surface area (Å²) in [6, 6.07) is 0.185. The van der Waals surface area contributed by atoms with Crippen LogP contribution in [-0.4, -0.2) is 21.0 Å². The first-order valence-electron chi connectivity index (χ1n) is 7.81. The summed E-state index contributed by atoms with van der Waals surface area (Å²) in [6.07, 6.45) is 6.50. The van der Waals surface area contributed by atoms with Gasteiger partial charge in [0.15, 0.2) is 0 Å². The lowest BCUT2D eigenvalue weighted by atomic mass is 9.81. The molecule has 19 heavy (non-hydrogen) atoms. The Bertz CT molecular complexity index is 425. The van der Waals surface area contributed by atoms with Crippen LogP contribution >= 0.6 is 0 Å². The van der Waals surface area contributed by atoms with Crippen molar-refractivity contribution in [2.24, 2.45) is 5.92 Å². The molecule has 3 unspecified atom stereocenters. The molecule has 3 nitrogen and oxygen atoms in total. The number of aliphatic hydroxyl groups is 1. The highest BCUT2D eigenvalue weighted by Crippen LogP contribution is 2.36. The van der Waals surface area contributed by atoms with Gasteiger partial charge in [-0.1, -0.05) is 26.7 Å². The Kier molecular flexibility index (Phi) is 4.67. The molecule has 0 saturated heterocycles. The van der Waals surface area contributed by atoms with Crippen molar-refractivity contribution in [3.63, 3.8) is 0 Å². The van der Waals surface area contributed by atoms with E-state index in [1.165, 1.54) is 30.5 Å². The molecule has 1 N–H and O–H groups in total. The fourth-order valence-electron chi connectivity index (χ4n) is 3.68. The number of aliphatic hydroxyl groups excluding tert-OH is 1. The normalized spacial score (nSPS) is 27.7. The summed E-state index contributed by atoms with van der Waals surface area (Å²) in [5.74, 6) is 0.757. The lowest BCUT2D eigenvalue weighted by Crippen LogP contribution is -2.32. The molecular weight excluding hydrogens is 236 g/mol. The highest BCUT2D eigenvalue weighted by atomic mass is 16.3. The highest BCUT2D eigenvalue weighted by molar-refractivity contribution is 5.25. The number of rotatable bonds is 4. The molecule has 0 amide bonds. The van der Waals surface area contributed by atoms with Gasteiger partial charge >= 0.3 is 0 Å². The number of aromatic nitrogens is 2. The SMILES string of the molecule is CCCC1CCC(O)C(n2nc(C)c(CC)c2C)C1. The van der Waals surface area contributed by atoms with Crippen LogP contribution in [-0.2, 0) is 6.42 Å². The maximum Gasteiger partial charge on any atom is 0.0784 e. The average molecular weight is 264 g/mol. The minimum absolute atomic E-state index is 0.185. The molecule has 1 fully saturated rings. The van der Waals surface area contributed by atoms with Gasteiger partial charge in [0.25, 0.3) is 0 Å². The van der Waals surface area contributed by atoms with Crippen molar-refractivity contribution in [3.8, 4) is 0 Å². The summed E-state index contributed by atoms with van der Waals surface area (Å²) < 4.78 is 2.11. The van der Waals surface area contributed by atoms with Crippen LogP contribution in [0.4, 0.5) is 0 Å². The summed E-state index contributed by atoms with van der Waals surface area (Å²) in [7, 11) is 0. The molecule has 1 saturated carbocycles. The zero-order valence-electron chi connectivity index (χ0n) is 12.8. The number of hydrogen-bond acceptors (Lipinski definition) is 2. The Morgan fingerprint density at radius 3 is 2.58 bits per heavy atom. The van der Waals surface area contributed by atoms with E-state index in [1.807, 2.05) is 0 Å². The van der Waals surface area contributed by atoms with Crippen LogP contribution in [0.25, 0.3) is 0 Å². The lowest BCUT2D eigenvalue weighted by molar-refractivity contribution is 0.0453. The van der Waals surface area contributed by atoms with E-state index < -0.39 is 0 Å². The third-order valence-corrected chi connectivity index (χ3v) is 4.73. The molecule has 1 aliphatic rings. The predicted octanol–water partition coefficient (Wildman–Crippen LogP) is 3.56. The zero-order valence-corrected chi connectivity index (χ0v) is 12.8. The van der Waals surface area contributed by atoms with Gasteiger partial charge in [-0.3, -0.25) is 4.68 Å². The van der Waals surface area contributed by atoms with Gasteiger partial charge in [0.05, 0.1) is 17.8 Å². The van der Waals surface area contributed by atoms with Gasteiger partial charge in [-0.15, -0.1) is 0 Å². The summed E-state index contributed by atoms with van der Waals surface area (Å²) in [5, 5.41) is 15.1. The molecule has 1 aliphatic carbocycles. The van der Waals surface area contributed by atoms with Crippen molar-refractivity contribution in [1.29, 1.82) is 0 Å². The predicted molar refractivity (Wildman–Crippen MR) is 78.4 cm³/mol. The Hall–Kier alpha value is -0.830. The van der Waals surface area contributed by atoms with Gasteiger partial charge in [-0.05, 0) is 51.0 Å². The van der Waals surface area contributed by atoms with E-state index in [4.69, 9.17) is 5.10 Å². The second-order valence-electron chi connectivity index (χ2n) is 6.05. The summed E-state index contributed by atoms with van der Waals surface area (Å²) in [6.45, 7) is 8.66. The maximum atomic E-state index is 10.3. The lowest BCUT2D eigenvalue weighted by Gasteiger charge is -2.34. The largest absolute Gasteiger partial charge is 0.391 e. The van der Waals surface area contributed by atoms with Crippen molar-refractivity contribution in [3.05, 3.63) is 17.0 Å². The van der Waals surface area contributed by atoms with Crippen molar-refractivity contribution in [2.45, 2.75) is 78.4 Å². The van der Waals surface area contributed by atoms with E-state index in [1.54, 1.807) is 0 Å². The topological polar surface area (TPSA) is 38.0 Å². The second kappa shape index (κ2) is 6.08. The first kappa shape index (κ1) is 14.6. The van der Waals surface area contributed by atoms with Crippen LogP contribution in [0.2, 0.25) is 0 Å². The van der Waals surface area contributed by atoms with Crippen molar-refractivity contribution in [2.75, 3.05) is 0 Å². The van der Waals surface area contributed by atoms with Crippen LogP contribution in [0.5, 0.6) is 0 Å². The van der Waals surface area contributed by atoms with E-state index in [9.17, 15) is 5.11 Å². The van der Waals surface area contributed by atoms with E-state index in [0.717, 1.165) is 30.9 Å². The van der Waals surface area contributed by atoms with E-state index in [2.05, 4.69) is 32.4 Å². The molecule has 1 heterocycles. The highest BCUT2D eigenvalue weighted by Gasteiger charge is 2.32. The second-order valence-corrected chi connectivity index (χ2v) is 6.05. The van der Waals surface area contributed by atoms with Crippen LogP contribution in [0, 0.1) is 19.8 Å². The van der Waals surface area contributed by atoms with E-state index >= 15 is 0 Å². The molecule has 1 aromatic heterocycles. The van der Waals surface area contributed by atoms with Crippen LogP contribution in [0.3, 0.4) is 0 Å². The molecular formula is C16H28N2O. The van der Waals surface area contributed by atoms with Gasteiger partial charge in [0.2, 0.25) is 0 Å². The molecule has 0 aromatic carbocycles. The average Bonchev–Trinajstić information content (AvgIpc) is 2.67. The molecule has 0 bridgehead atoms. The van der Waals surface area contributed by atoms with Gasteiger partial charge in [0, 0.05) is 5.69 Å². The molecule has 0 spiro atoms. The molecule has 1 aromatic rings. The molecule has 3 heteroatoms. The smallest absolute Gasteiger partial charge is 0.0784 e. The summed E-state index contributed by atoms with van der Waals surface area (Å²) in [5.41, 5.74) is 3.73. The van der Waals surface area contributed by atoms with Crippen molar-refractivity contribution >= 4 is 0 Å². The Balaban J connectivity index is 2.23. The third kappa shape index (κ3) is 2.86. The molecule has 3 atom stereocenters. The minimum Gasteiger partial charge on any atom is -0.391 e. The Labute approximate surface area is 117 Å². The molecule has 2 rings (SSSR count). The molecule has 108 valence electrons. The molecule has 0 aliphatic heterocycles. The van der Waals surface area contributed by atoms with Crippen LogP contribution in [0.1, 0.15) is 68.9 Å². The van der Waals surface area contributed by atoms with E-state index in [0.29, 0.717) is 0 Å². The summed E-state index contributed by atoms with van der Waals surface area (Å²) >= 11 is 0. The van der Waals surface area contributed by atoms with E-state index in [-0.39, 0.29) is 12.1 Å². The summed E-state index contributed by atoms with van der Waals surface area (Å²) in [4.78, 5) is 0. The van der Waals surface area contributed by atoms with Gasteiger partial charge in [-0.2, -0.15) is 5.10 Å². The standard InChI is InChI=1S/C16H28N2O/c1-5-7-13-8-9-16(19)15(10-13)18-12(4)14(6-2)11(3)17-18/h13,15-16,19H,5-10H2,1-4H3. The maximum absolute atomic E-state index is 10.3. The van der Waals surface area contributed by atoms with Gasteiger partial charge in [0.1, 0.15) is 0 Å². The monoisotopic (exact) mass is 264 g/mol. The number of nitrogens with zero attached hydrogens (tertiary/aromatic N) is 2. The van der Waals surface area contributed by atoms with Crippen LogP contribution < -0.4 is 0 Å². The minimum atomic E-state index is -0.226. The van der Waals surface area contributed by atoms with Crippen LogP contribution in [0.15, 0.2) is 0 Å². The fourth-order valence-corrected chi connectivity index (χ4v) is 3.68. The number of hydrogen-bond donors (Lipinski definition) is 1. The third-order valence-electron chi connectivity index (χ3n) is 4.73. The first-order valence-corrected chi connectivity index (χ1v) is 7.81. The van der Waals surface area contributed by atoms with Crippen molar-refractivity contribution < 1.29 is 5.11 Å². The Morgan fingerprint density at radius 1 is 1.26 bits per heavy atom. The zero-order chi connectivity index (χ0) is 14.0. The van der Waals surface area contributed by atoms with Gasteiger partial charge in [-0.25, -0.2) is 0 Å². The van der Waals surface area contributed by atoms with Gasteiger partial charge < -0.3 is 5.11 Å². The first-order chi connectivity index (χ1) is 9.08. The Morgan fingerprint density at radius 2 is 2.00 bits per heavy atom. The molecule has 0 radical (unpaired) electrons. The quantitative estimate of drug-likeness (QED) is 0.903. The number of aryl methyl sites for hydroxylation is 1. The fraction of sp³-hybridized carbons (Fsp3) is 0.812. The van der Waals surface area contributed by atoms with Crippen molar-refractivity contribution in [1.82, 2.24) is 9.78 Å².